The Morgan fingerprint density at radius 1 is 1.53 bits per heavy atom. The van der Waals surface area contributed by atoms with Gasteiger partial charge in [0.2, 0.25) is 0 Å². The summed E-state index contributed by atoms with van der Waals surface area (Å²) in [5.41, 5.74) is 6.60. The first kappa shape index (κ1) is 12.4. The fourth-order valence-corrected chi connectivity index (χ4v) is 3.03. The van der Waals surface area contributed by atoms with Crippen molar-refractivity contribution < 1.29 is 9.13 Å². The first-order valence-electron chi connectivity index (χ1n) is 5.61. The number of rotatable bonds is 2. The van der Waals surface area contributed by atoms with Crippen LogP contribution in [0.3, 0.4) is 0 Å². The zero-order valence-electron chi connectivity index (χ0n) is 10.1. The zero-order chi connectivity index (χ0) is 12.4. The van der Waals surface area contributed by atoms with Crippen molar-refractivity contribution in [1.82, 2.24) is 0 Å². The van der Waals surface area contributed by atoms with Crippen LogP contribution in [-0.2, 0) is 0 Å². The molecule has 5 heteroatoms. The predicted octanol–water partition coefficient (Wildman–Crippen LogP) is 2.36. The molecule has 0 radical (unpaired) electrons. The van der Waals surface area contributed by atoms with E-state index in [-0.39, 0.29) is 5.82 Å². The minimum absolute atomic E-state index is 0.276. The quantitative estimate of drug-likeness (QED) is 0.824. The van der Waals surface area contributed by atoms with E-state index in [1.165, 1.54) is 6.07 Å². The van der Waals surface area contributed by atoms with Crippen molar-refractivity contribution in [2.45, 2.75) is 12.2 Å². The van der Waals surface area contributed by atoms with Gasteiger partial charge in [-0.25, -0.2) is 4.39 Å². The maximum Gasteiger partial charge on any atom is 0.148 e. The molecule has 0 spiro atoms. The maximum absolute atomic E-state index is 13.9. The summed E-state index contributed by atoms with van der Waals surface area (Å²) in [4.78, 5) is 2.05. The van der Waals surface area contributed by atoms with Gasteiger partial charge in [-0.05, 0) is 0 Å². The Hall–Kier alpha value is -1.10. The van der Waals surface area contributed by atoms with Crippen LogP contribution >= 0.6 is 11.8 Å². The van der Waals surface area contributed by atoms with Gasteiger partial charge in [-0.15, -0.1) is 0 Å². The van der Waals surface area contributed by atoms with E-state index in [9.17, 15) is 4.39 Å². The molecule has 1 heterocycles. The van der Waals surface area contributed by atoms with Crippen LogP contribution in [0.25, 0.3) is 0 Å². The van der Waals surface area contributed by atoms with Crippen LogP contribution in [0, 0.1) is 5.82 Å². The Bertz CT molecular complexity index is 414. The Morgan fingerprint density at radius 3 is 2.94 bits per heavy atom. The van der Waals surface area contributed by atoms with Gasteiger partial charge >= 0.3 is 0 Å². The molecule has 1 aliphatic heterocycles. The van der Waals surface area contributed by atoms with Crippen LogP contribution < -0.4 is 15.4 Å². The van der Waals surface area contributed by atoms with Crippen molar-refractivity contribution in [2.24, 2.45) is 0 Å². The highest BCUT2D eigenvalue weighted by molar-refractivity contribution is 8.00. The van der Waals surface area contributed by atoms with Crippen molar-refractivity contribution >= 4 is 23.1 Å². The SMILES string of the molecule is COc1cc(N2CCSC(C)C2)c(F)cc1N. The molecule has 0 bridgehead atoms. The summed E-state index contributed by atoms with van der Waals surface area (Å²) in [6, 6.07) is 3.02. The predicted molar refractivity (Wildman–Crippen MR) is 71.5 cm³/mol. The van der Waals surface area contributed by atoms with E-state index in [1.807, 2.05) is 11.8 Å². The molecule has 1 aliphatic rings. The summed E-state index contributed by atoms with van der Waals surface area (Å²) in [6.45, 7) is 3.87. The highest BCUT2D eigenvalue weighted by Gasteiger charge is 2.20. The summed E-state index contributed by atoms with van der Waals surface area (Å²) in [5.74, 6) is 1.28. The molecule has 17 heavy (non-hydrogen) atoms. The number of ether oxygens (including phenoxy) is 1. The van der Waals surface area contributed by atoms with Gasteiger partial charge in [0.25, 0.3) is 0 Å². The molecule has 0 aliphatic carbocycles. The fraction of sp³-hybridized carbons (Fsp3) is 0.500. The molecule has 1 aromatic rings. The highest BCUT2D eigenvalue weighted by Crippen LogP contribution is 2.32. The second-order valence-electron chi connectivity index (χ2n) is 4.17. The third kappa shape index (κ3) is 2.60. The standard InChI is InChI=1S/C12H17FN2OS/c1-8-7-15(3-4-17-8)11-6-12(16-2)10(14)5-9(11)13/h5-6,8H,3-4,7,14H2,1-2H3. The fourth-order valence-electron chi connectivity index (χ4n) is 2.01. The molecule has 94 valence electrons. The van der Waals surface area contributed by atoms with Crippen molar-refractivity contribution in [2.75, 3.05) is 36.6 Å². The van der Waals surface area contributed by atoms with E-state index in [0.717, 1.165) is 18.8 Å². The third-order valence-corrected chi connectivity index (χ3v) is 4.02. The molecular weight excluding hydrogens is 239 g/mol. The van der Waals surface area contributed by atoms with Gasteiger partial charge in [-0.2, -0.15) is 11.8 Å². The Kier molecular flexibility index (Phi) is 3.66. The number of methoxy groups -OCH3 is 1. The van der Waals surface area contributed by atoms with Crippen LogP contribution in [0.5, 0.6) is 5.75 Å². The summed E-state index contributed by atoms with van der Waals surface area (Å²) in [7, 11) is 1.54. The van der Waals surface area contributed by atoms with Crippen molar-refractivity contribution in [3.63, 3.8) is 0 Å². The lowest BCUT2D eigenvalue weighted by Gasteiger charge is -2.32. The van der Waals surface area contributed by atoms with Gasteiger partial charge in [0.05, 0.1) is 18.5 Å². The summed E-state index contributed by atoms with van der Waals surface area (Å²) in [6.07, 6.45) is 0. The maximum atomic E-state index is 13.9. The number of nitrogens with zero attached hydrogens (tertiary/aromatic N) is 1. The van der Waals surface area contributed by atoms with E-state index < -0.39 is 0 Å². The Labute approximate surface area is 105 Å². The van der Waals surface area contributed by atoms with Crippen LogP contribution in [0.2, 0.25) is 0 Å². The molecule has 2 rings (SSSR count). The van der Waals surface area contributed by atoms with Crippen LogP contribution in [0.4, 0.5) is 15.8 Å². The molecule has 2 N–H and O–H groups in total. The third-order valence-electron chi connectivity index (χ3n) is 2.88. The average Bonchev–Trinajstić information content (AvgIpc) is 2.29. The molecule has 1 atom stereocenters. The largest absolute Gasteiger partial charge is 0.495 e. The van der Waals surface area contributed by atoms with E-state index in [1.54, 1.807) is 13.2 Å². The number of anilines is 2. The van der Waals surface area contributed by atoms with Gasteiger partial charge in [-0.1, -0.05) is 6.92 Å². The normalized spacial score (nSPS) is 20.4. The number of hydrogen-bond donors (Lipinski definition) is 1. The number of thioether (sulfide) groups is 1. The first-order chi connectivity index (χ1) is 8.11. The van der Waals surface area contributed by atoms with Gasteiger partial charge in [-0.3, -0.25) is 0 Å². The topological polar surface area (TPSA) is 38.5 Å². The average molecular weight is 256 g/mol. The molecular formula is C12H17FN2OS. The van der Waals surface area contributed by atoms with E-state index in [0.29, 0.717) is 22.4 Å². The molecule has 1 fully saturated rings. The van der Waals surface area contributed by atoms with Crippen molar-refractivity contribution in [1.29, 1.82) is 0 Å². The monoisotopic (exact) mass is 256 g/mol. The smallest absolute Gasteiger partial charge is 0.148 e. The summed E-state index contributed by atoms with van der Waals surface area (Å²) in [5, 5.41) is 0.520. The second kappa shape index (κ2) is 5.04. The van der Waals surface area contributed by atoms with E-state index in [2.05, 4.69) is 11.8 Å². The Morgan fingerprint density at radius 2 is 2.29 bits per heavy atom. The van der Waals surface area contributed by atoms with Crippen molar-refractivity contribution in [3.05, 3.63) is 17.9 Å². The summed E-state index contributed by atoms with van der Waals surface area (Å²) >= 11 is 1.92. The number of nitrogen functional groups attached to an aromatic ring is 1. The molecule has 1 unspecified atom stereocenters. The lowest BCUT2D eigenvalue weighted by atomic mass is 10.2. The number of nitrogens with two attached hydrogens (primary N) is 1. The lowest BCUT2D eigenvalue weighted by molar-refractivity contribution is 0.416. The molecule has 1 saturated heterocycles. The molecule has 0 aromatic heterocycles. The van der Waals surface area contributed by atoms with Gasteiger partial charge < -0.3 is 15.4 Å². The first-order valence-corrected chi connectivity index (χ1v) is 6.66. The minimum atomic E-state index is -0.276. The van der Waals surface area contributed by atoms with Gasteiger partial charge in [0, 0.05) is 36.2 Å². The van der Waals surface area contributed by atoms with Crippen LogP contribution in [0.15, 0.2) is 12.1 Å². The van der Waals surface area contributed by atoms with Crippen LogP contribution in [0.1, 0.15) is 6.92 Å². The molecule has 0 saturated carbocycles. The molecule has 3 nitrogen and oxygen atoms in total. The van der Waals surface area contributed by atoms with Crippen molar-refractivity contribution in [3.8, 4) is 5.75 Å². The highest BCUT2D eigenvalue weighted by atomic mass is 32.2. The van der Waals surface area contributed by atoms with E-state index in [4.69, 9.17) is 10.5 Å². The van der Waals surface area contributed by atoms with E-state index >= 15 is 0 Å². The number of halogens is 1. The van der Waals surface area contributed by atoms with Crippen LogP contribution in [-0.4, -0.2) is 31.2 Å². The van der Waals surface area contributed by atoms with Gasteiger partial charge in [0.15, 0.2) is 0 Å². The minimum Gasteiger partial charge on any atom is -0.495 e. The zero-order valence-corrected chi connectivity index (χ0v) is 10.9. The summed E-state index contributed by atoms with van der Waals surface area (Å²) < 4.78 is 19.0. The molecule has 1 aromatic carbocycles. The lowest BCUT2D eigenvalue weighted by Crippen LogP contribution is -2.37. The Balaban J connectivity index is 2.30. The number of benzene rings is 1. The second-order valence-corrected chi connectivity index (χ2v) is 5.72. The molecule has 0 amide bonds. The van der Waals surface area contributed by atoms with Gasteiger partial charge in [0.1, 0.15) is 11.6 Å². The number of hydrogen-bond acceptors (Lipinski definition) is 4.